The molecule has 1 rings (SSSR count). The fourth-order valence-corrected chi connectivity index (χ4v) is 1.99. The zero-order chi connectivity index (χ0) is 14.8. The number of nitrogens with zero attached hydrogens (tertiary/aromatic N) is 1. The minimum Gasteiger partial charge on any atom is -0.481 e. The number of rotatable bonds is 3. The first-order chi connectivity index (χ1) is 8.63. The topological polar surface area (TPSA) is 66.8 Å². The van der Waals surface area contributed by atoms with Gasteiger partial charge in [0.1, 0.15) is 6.61 Å². The predicted octanol–water partition coefficient (Wildman–Crippen LogP) is 1.89. The molecule has 0 spiro atoms. The van der Waals surface area contributed by atoms with E-state index in [1.807, 2.05) is 0 Å². The lowest BCUT2D eigenvalue weighted by atomic mass is 9.79. The first-order valence-electron chi connectivity index (χ1n) is 5.45. The van der Waals surface area contributed by atoms with E-state index in [4.69, 9.17) is 5.11 Å². The molecule has 1 N–H and O–H groups in total. The number of ether oxygens (including phenoxy) is 1. The Morgan fingerprint density at radius 2 is 2.16 bits per heavy atom. The van der Waals surface area contributed by atoms with E-state index in [0.29, 0.717) is 0 Å². The van der Waals surface area contributed by atoms with Gasteiger partial charge in [0.25, 0.3) is 0 Å². The minimum absolute atomic E-state index is 0.143. The third-order valence-corrected chi connectivity index (χ3v) is 3.22. The lowest BCUT2D eigenvalue weighted by molar-refractivity contribution is -0.228. The molecule has 1 aliphatic heterocycles. The Labute approximate surface area is 107 Å². The lowest BCUT2D eigenvalue weighted by Crippen LogP contribution is -2.45. The molecule has 2 unspecified atom stereocenters. The molecule has 8 heteroatoms. The summed E-state index contributed by atoms with van der Waals surface area (Å²) in [6.45, 7) is 2.70. The van der Waals surface area contributed by atoms with Crippen molar-refractivity contribution in [3.63, 3.8) is 0 Å². The third kappa shape index (κ3) is 2.82. The normalized spacial score (nSPS) is 27.2. The van der Waals surface area contributed by atoms with Crippen molar-refractivity contribution >= 4 is 12.1 Å². The molecule has 1 heterocycles. The Morgan fingerprint density at radius 1 is 1.58 bits per heavy atom. The standard InChI is InChI=1S/C11H14F3NO4/c1-3-4-19-9(18)15-5-7(8(16)17)10(2,6-15)11(12,13)14/h3,7H,1,4-6H2,2H3,(H,16,17). The second-order valence-corrected chi connectivity index (χ2v) is 4.55. The molecule has 1 amide bonds. The van der Waals surface area contributed by atoms with Crippen LogP contribution in [-0.4, -0.2) is 47.9 Å². The van der Waals surface area contributed by atoms with Crippen LogP contribution in [0.15, 0.2) is 12.7 Å². The van der Waals surface area contributed by atoms with Gasteiger partial charge in [0, 0.05) is 13.1 Å². The van der Waals surface area contributed by atoms with Gasteiger partial charge >= 0.3 is 18.2 Å². The highest BCUT2D eigenvalue weighted by Crippen LogP contribution is 2.48. The second kappa shape index (κ2) is 5.10. The highest BCUT2D eigenvalue weighted by Gasteiger charge is 2.63. The maximum atomic E-state index is 13.0. The van der Waals surface area contributed by atoms with Crippen LogP contribution in [0, 0.1) is 11.3 Å². The molecule has 108 valence electrons. The number of hydrogen-bond donors (Lipinski definition) is 1. The highest BCUT2D eigenvalue weighted by atomic mass is 19.4. The number of carbonyl (C=O) groups excluding carboxylic acids is 1. The van der Waals surface area contributed by atoms with Crippen LogP contribution in [0.3, 0.4) is 0 Å². The first-order valence-corrected chi connectivity index (χ1v) is 5.45. The molecule has 2 atom stereocenters. The predicted molar refractivity (Wildman–Crippen MR) is 58.4 cm³/mol. The summed E-state index contributed by atoms with van der Waals surface area (Å²) < 4.78 is 43.6. The molecule has 0 aromatic rings. The van der Waals surface area contributed by atoms with E-state index in [0.717, 1.165) is 11.8 Å². The summed E-state index contributed by atoms with van der Waals surface area (Å²) >= 11 is 0. The van der Waals surface area contributed by atoms with E-state index in [2.05, 4.69) is 11.3 Å². The van der Waals surface area contributed by atoms with Gasteiger partial charge in [0.2, 0.25) is 0 Å². The largest absolute Gasteiger partial charge is 0.481 e. The van der Waals surface area contributed by atoms with Crippen molar-refractivity contribution in [3.8, 4) is 0 Å². The molecule has 1 aliphatic rings. The molecule has 1 fully saturated rings. The van der Waals surface area contributed by atoms with Gasteiger partial charge in [0.05, 0.1) is 11.3 Å². The van der Waals surface area contributed by atoms with Crippen molar-refractivity contribution in [3.05, 3.63) is 12.7 Å². The number of aliphatic carboxylic acids is 1. The van der Waals surface area contributed by atoms with Gasteiger partial charge in [-0.15, -0.1) is 0 Å². The summed E-state index contributed by atoms with van der Waals surface area (Å²) in [5.41, 5.74) is -2.48. The SMILES string of the molecule is C=CCOC(=O)N1CC(C(=O)O)C(C)(C(F)(F)F)C1. The summed E-state index contributed by atoms with van der Waals surface area (Å²) in [5, 5.41) is 8.89. The summed E-state index contributed by atoms with van der Waals surface area (Å²) in [6, 6.07) is 0. The fourth-order valence-electron chi connectivity index (χ4n) is 1.99. The maximum Gasteiger partial charge on any atom is 0.410 e. The van der Waals surface area contributed by atoms with E-state index in [-0.39, 0.29) is 6.61 Å². The number of carboxylic acid groups (broad SMARTS) is 1. The number of alkyl halides is 3. The smallest absolute Gasteiger partial charge is 0.410 e. The van der Waals surface area contributed by atoms with Gasteiger partial charge in [-0.05, 0) is 6.92 Å². The number of hydrogen-bond acceptors (Lipinski definition) is 3. The van der Waals surface area contributed by atoms with E-state index in [1.165, 1.54) is 6.08 Å². The van der Waals surface area contributed by atoms with Crippen molar-refractivity contribution in [1.82, 2.24) is 4.90 Å². The Hall–Kier alpha value is -1.73. The van der Waals surface area contributed by atoms with E-state index in [1.54, 1.807) is 0 Å². The molecule has 1 saturated heterocycles. The van der Waals surface area contributed by atoms with Crippen LogP contribution < -0.4 is 0 Å². The van der Waals surface area contributed by atoms with Crippen LogP contribution >= 0.6 is 0 Å². The van der Waals surface area contributed by atoms with E-state index < -0.39 is 42.7 Å². The number of amides is 1. The molecule has 0 saturated carbocycles. The van der Waals surface area contributed by atoms with Crippen LogP contribution in [-0.2, 0) is 9.53 Å². The molecule has 0 aromatic heterocycles. The number of halogens is 3. The van der Waals surface area contributed by atoms with E-state index in [9.17, 15) is 22.8 Å². The zero-order valence-electron chi connectivity index (χ0n) is 10.2. The van der Waals surface area contributed by atoms with Gasteiger partial charge < -0.3 is 14.7 Å². The summed E-state index contributed by atoms with van der Waals surface area (Å²) in [7, 11) is 0. The molecule has 19 heavy (non-hydrogen) atoms. The average molecular weight is 281 g/mol. The average Bonchev–Trinajstić information content (AvgIpc) is 2.65. The Balaban J connectivity index is 2.93. The lowest BCUT2D eigenvalue weighted by Gasteiger charge is -2.30. The van der Waals surface area contributed by atoms with Gasteiger partial charge in [-0.3, -0.25) is 4.79 Å². The highest BCUT2D eigenvalue weighted by molar-refractivity contribution is 5.75. The fraction of sp³-hybridized carbons (Fsp3) is 0.636. The van der Waals surface area contributed by atoms with Crippen molar-refractivity contribution in [2.24, 2.45) is 11.3 Å². The Morgan fingerprint density at radius 3 is 2.53 bits per heavy atom. The van der Waals surface area contributed by atoms with Crippen LogP contribution in [0.2, 0.25) is 0 Å². The van der Waals surface area contributed by atoms with Crippen molar-refractivity contribution in [2.75, 3.05) is 19.7 Å². The van der Waals surface area contributed by atoms with Gasteiger partial charge in [-0.25, -0.2) is 4.79 Å². The van der Waals surface area contributed by atoms with Crippen molar-refractivity contribution < 1.29 is 32.6 Å². The third-order valence-electron chi connectivity index (χ3n) is 3.22. The molecule has 0 bridgehead atoms. The maximum absolute atomic E-state index is 13.0. The molecule has 0 radical (unpaired) electrons. The second-order valence-electron chi connectivity index (χ2n) is 4.55. The molecular weight excluding hydrogens is 267 g/mol. The van der Waals surface area contributed by atoms with Crippen LogP contribution in [0.25, 0.3) is 0 Å². The van der Waals surface area contributed by atoms with Gasteiger partial charge in [0.15, 0.2) is 0 Å². The number of carboxylic acids is 1. The summed E-state index contributed by atoms with van der Waals surface area (Å²) in [4.78, 5) is 23.2. The summed E-state index contributed by atoms with van der Waals surface area (Å²) in [5.74, 6) is -3.29. The minimum atomic E-state index is -4.72. The number of carbonyl (C=O) groups is 2. The van der Waals surface area contributed by atoms with E-state index >= 15 is 0 Å². The van der Waals surface area contributed by atoms with Crippen LogP contribution in [0.1, 0.15) is 6.92 Å². The Bertz CT molecular complexity index is 396. The van der Waals surface area contributed by atoms with Gasteiger partial charge in [-0.1, -0.05) is 12.7 Å². The van der Waals surface area contributed by atoms with Crippen LogP contribution in [0.4, 0.5) is 18.0 Å². The molecule has 5 nitrogen and oxygen atoms in total. The van der Waals surface area contributed by atoms with Crippen molar-refractivity contribution in [2.45, 2.75) is 13.1 Å². The molecular formula is C11H14F3NO4. The van der Waals surface area contributed by atoms with Gasteiger partial charge in [-0.2, -0.15) is 13.2 Å². The Kier molecular flexibility index (Phi) is 4.12. The zero-order valence-corrected chi connectivity index (χ0v) is 10.2. The van der Waals surface area contributed by atoms with Crippen molar-refractivity contribution in [1.29, 1.82) is 0 Å². The quantitative estimate of drug-likeness (QED) is 0.802. The van der Waals surface area contributed by atoms with Crippen LogP contribution in [0.5, 0.6) is 0 Å². The summed E-state index contributed by atoms with van der Waals surface area (Å²) in [6.07, 6.45) is -4.42. The first kappa shape index (κ1) is 15.3. The number of likely N-dealkylation sites (tertiary alicyclic amines) is 1. The molecule has 0 aliphatic carbocycles. The molecule has 0 aromatic carbocycles. The monoisotopic (exact) mass is 281 g/mol.